The molecule has 0 aliphatic heterocycles. The van der Waals surface area contributed by atoms with E-state index in [2.05, 4.69) is 5.32 Å². The van der Waals surface area contributed by atoms with Crippen LogP contribution in [0.4, 0.5) is 0 Å². The Morgan fingerprint density at radius 2 is 1.63 bits per heavy atom. The Balaban J connectivity index is 0. The molecule has 1 N–H and O–H groups in total. The summed E-state index contributed by atoms with van der Waals surface area (Å²) in [4.78, 5) is 23.8. The van der Waals surface area contributed by atoms with Gasteiger partial charge in [0.1, 0.15) is 0 Å². The van der Waals surface area contributed by atoms with Crippen molar-refractivity contribution in [3.63, 3.8) is 0 Å². The normalized spacial score (nSPS) is 13.9. The van der Waals surface area contributed by atoms with E-state index in [9.17, 15) is 9.59 Å². The third kappa shape index (κ3) is 11.6. The van der Waals surface area contributed by atoms with Crippen molar-refractivity contribution in [2.75, 3.05) is 75.3 Å². The summed E-state index contributed by atoms with van der Waals surface area (Å²) in [5.41, 5.74) is 0. The van der Waals surface area contributed by atoms with Crippen LogP contribution >= 0.6 is 0 Å². The lowest BCUT2D eigenvalue weighted by atomic mass is 9.96. The van der Waals surface area contributed by atoms with Crippen LogP contribution in [0.2, 0.25) is 6.04 Å². The fourth-order valence-electron chi connectivity index (χ4n) is 3.18. The summed E-state index contributed by atoms with van der Waals surface area (Å²) in [6.07, 6.45) is 0.882. The van der Waals surface area contributed by atoms with Gasteiger partial charge in [0, 0.05) is 40.3 Å². The summed E-state index contributed by atoms with van der Waals surface area (Å²) in [6, 6.07) is 0.504. The van der Waals surface area contributed by atoms with E-state index in [-0.39, 0.29) is 36.2 Å². The van der Waals surface area contributed by atoms with Gasteiger partial charge in [0.2, 0.25) is 0 Å². The van der Waals surface area contributed by atoms with Crippen molar-refractivity contribution in [3.05, 3.63) is 0 Å². The highest BCUT2D eigenvalue weighted by Crippen LogP contribution is 2.26. The third-order valence-corrected chi connectivity index (χ3v) is 8.00. The predicted molar refractivity (Wildman–Crippen MR) is 112 cm³/mol. The first-order valence-electron chi connectivity index (χ1n) is 10.0. The van der Waals surface area contributed by atoms with E-state index in [1.54, 1.807) is 21.3 Å². The van der Waals surface area contributed by atoms with Crippen molar-refractivity contribution in [2.45, 2.75) is 26.3 Å². The maximum Gasteiger partial charge on any atom is 0.500 e. The molecule has 0 aromatic heterocycles. The second-order valence-electron chi connectivity index (χ2n) is 7.75. The van der Waals surface area contributed by atoms with Gasteiger partial charge >= 0.3 is 20.7 Å². The molecule has 2 unspecified atom stereocenters. The maximum absolute atomic E-state index is 12.1. The average molecular weight is 473 g/mol. The van der Waals surface area contributed by atoms with Crippen LogP contribution in [0.15, 0.2) is 0 Å². The summed E-state index contributed by atoms with van der Waals surface area (Å²) in [5, 5.41) is 3.41. The highest BCUT2D eigenvalue weighted by molar-refractivity contribution is 6.60. The summed E-state index contributed by atoms with van der Waals surface area (Å²) < 4.78 is 27.1. The van der Waals surface area contributed by atoms with Crippen molar-refractivity contribution < 1.29 is 49.2 Å². The van der Waals surface area contributed by atoms with Crippen LogP contribution in [-0.2, 0) is 32.3 Å². The lowest BCUT2D eigenvalue weighted by molar-refractivity contribution is -0.883. The van der Waals surface area contributed by atoms with Gasteiger partial charge in [-0.15, -0.1) is 0 Å². The van der Waals surface area contributed by atoms with Crippen LogP contribution in [-0.4, -0.2) is 101 Å². The van der Waals surface area contributed by atoms with Gasteiger partial charge in [-0.3, -0.25) is 4.79 Å². The van der Waals surface area contributed by atoms with Gasteiger partial charge in [-0.2, -0.15) is 0 Å². The number of ether oxygens (including phenoxy) is 2. The predicted octanol–water partition coefficient (Wildman–Crippen LogP) is -2.09. The van der Waals surface area contributed by atoms with E-state index in [0.29, 0.717) is 30.2 Å². The second-order valence-corrected chi connectivity index (χ2v) is 10.8. The molecule has 0 saturated carbocycles. The molecule has 0 aromatic carbocycles. The molecule has 30 heavy (non-hydrogen) atoms. The van der Waals surface area contributed by atoms with Crippen LogP contribution in [0.1, 0.15) is 20.3 Å². The molecule has 11 heteroatoms. The monoisotopic (exact) mass is 472 g/mol. The Bertz CT molecular complexity index is 485. The first-order chi connectivity index (χ1) is 13.6. The van der Waals surface area contributed by atoms with Crippen LogP contribution < -0.4 is 17.7 Å². The zero-order valence-corrected chi connectivity index (χ0v) is 21.5. The van der Waals surface area contributed by atoms with Crippen LogP contribution in [0.5, 0.6) is 0 Å². The summed E-state index contributed by atoms with van der Waals surface area (Å²) in [5.74, 6) is -0.834. The first kappa shape index (κ1) is 31.4. The van der Waals surface area contributed by atoms with E-state index in [1.165, 1.54) is 7.11 Å². The van der Waals surface area contributed by atoms with Gasteiger partial charge in [0.25, 0.3) is 0 Å². The Kier molecular flexibility index (Phi) is 16.7. The third-order valence-electron chi connectivity index (χ3n) is 5.11. The van der Waals surface area contributed by atoms with E-state index < -0.39 is 8.80 Å². The van der Waals surface area contributed by atoms with Crippen molar-refractivity contribution >= 4 is 20.7 Å². The summed E-state index contributed by atoms with van der Waals surface area (Å²) in [6.45, 7) is 6.59. The van der Waals surface area contributed by atoms with Crippen molar-refractivity contribution in [1.29, 1.82) is 0 Å². The van der Waals surface area contributed by atoms with Gasteiger partial charge in [-0.05, 0) is 19.4 Å². The van der Waals surface area contributed by atoms with Crippen LogP contribution in [0.25, 0.3) is 0 Å². The van der Waals surface area contributed by atoms with Crippen molar-refractivity contribution in [2.24, 2.45) is 11.8 Å². The quantitative estimate of drug-likeness (QED) is 0.118. The number of nitrogens with zero attached hydrogens (tertiary/aromatic N) is 1. The number of likely N-dealkylation sites (N-methyl/N-ethyl adjacent to an activating group) is 1. The molecule has 0 heterocycles. The van der Waals surface area contributed by atoms with E-state index in [4.69, 9.17) is 22.8 Å². The number of quaternary nitrogens is 1. The Morgan fingerprint density at radius 3 is 2.10 bits per heavy atom. The lowest BCUT2D eigenvalue weighted by Crippen LogP contribution is -3.00. The fourth-order valence-corrected chi connectivity index (χ4v) is 5.32. The molecule has 0 aromatic rings. The molecule has 0 aliphatic carbocycles. The van der Waals surface area contributed by atoms with Crippen molar-refractivity contribution in [1.82, 2.24) is 5.32 Å². The van der Waals surface area contributed by atoms with Gasteiger partial charge in [-0.25, -0.2) is 4.79 Å². The fraction of sp³-hybridized carbons (Fsp3) is 0.895. The standard InChI is InChI=1S/C19H41N2O7Si.ClH/c1-9-28-18(22)14-21(3,4)12-10-11-20-13-17(16(2)19(23)24-5)15-29(25-6,26-7)27-8;/h16-17,20H,9-15H2,1-8H3;1H/q+1;/p-1. The summed E-state index contributed by atoms with van der Waals surface area (Å²) >= 11 is 0. The highest BCUT2D eigenvalue weighted by Gasteiger charge is 2.43. The molecule has 0 saturated heterocycles. The molecule has 9 nitrogen and oxygen atoms in total. The zero-order valence-electron chi connectivity index (χ0n) is 19.8. The number of esters is 2. The van der Waals surface area contributed by atoms with Crippen LogP contribution in [0, 0.1) is 11.8 Å². The molecular weight excluding hydrogens is 432 g/mol. The zero-order chi connectivity index (χ0) is 22.5. The minimum Gasteiger partial charge on any atom is -1.00 e. The SMILES string of the molecule is CCOC(=O)C[N+](C)(C)CCCNCC(C[Si](OC)(OC)OC)C(C)C(=O)OC.[Cl-]. The molecule has 2 atom stereocenters. The average Bonchev–Trinajstić information content (AvgIpc) is 2.69. The first-order valence-corrected chi connectivity index (χ1v) is 11.9. The number of halogens is 1. The van der Waals surface area contributed by atoms with E-state index in [1.807, 2.05) is 27.9 Å². The number of methoxy groups -OCH3 is 1. The molecule has 0 radical (unpaired) electrons. The van der Waals surface area contributed by atoms with Crippen LogP contribution in [0.3, 0.4) is 0 Å². The number of rotatable bonds is 16. The highest BCUT2D eigenvalue weighted by atomic mass is 35.5. The molecule has 0 spiro atoms. The lowest BCUT2D eigenvalue weighted by Gasteiger charge is -2.31. The second kappa shape index (κ2) is 16.0. The van der Waals surface area contributed by atoms with Gasteiger partial charge < -0.3 is 45.0 Å². The van der Waals surface area contributed by atoms with E-state index in [0.717, 1.165) is 19.5 Å². The Morgan fingerprint density at radius 1 is 1.07 bits per heavy atom. The Hall–Kier alpha value is -0.753. The number of hydrogen-bond donors (Lipinski definition) is 1. The molecular formula is C19H41ClN2O7Si. The van der Waals surface area contributed by atoms with E-state index >= 15 is 0 Å². The number of carbonyl (C=O) groups is 2. The number of nitrogens with one attached hydrogen (secondary N) is 1. The van der Waals surface area contributed by atoms with Gasteiger partial charge in [0.05, 0.1) is 40.3 Å². The minimum absolute atomic E-state index is 0. The molecule has 0 fully saturated rings. The molecule has 0 aliphatic rings. The summed E-state index contributed by atoms with van der Waals surface area (Å²) in [7, 11) is 7.27. The number of carbonyl (C=O) groups excluding carboxylic acids is 2. The molecule has 0 rings (SSSR count). The number of hydrogen-bond acceptors (Lipinski definition) is 8. The smallest absolute Gasteiger partial charge is 0.500 e. The molecule has 0 bridgehead atoms. The molecule has 180 valence electrons. The van der Waals surface area contributed by atoms with Gasteiger partial charge in [0.15, 0.2) is 6.54 Å². The van der Waals surface area contributed by atoms with Gasteiger partial charge in [-0.1, -0.05) is 6.92 Å². The minimum atomic E-state index is -2.83. The largest absolute Gasteiger partial charge is 1.00 e. The Labute approximate surface area is 189 Å². The van der Waals surface area contributed by atoms with Crippen molar-refractivity contribution in [3.8, 4) is 0 Å². The molecule has 0 amide bonds. The topological polar surface area (TPSA) is 92.3 Å². The maximum atomic E-state index is 12.1.